The van der Waals surface area contributed by atoms with E-state index in [4.69, 9.17) is 4.74 Å². The van der Waals surface area contributed by atoms with Gasteiger partial charge in [0, 0.05) is 19.5 Å². The Morgan fingerprint density at radius 3 is 3.09 bits per heavy atom. The largest absolute Gasteiger partial charge is 0.481 e. The van der Waals surface area contributed by atoms with Crippen LogP contribution in [-0.2, 0) is 0 Å². The Kier molecular flexibility index (Phi) is 2.60. The lowest BCUT2D eigenvalue weighted by atomic mass is 10.3. The molecule has 1 heterocycles. The molecule has 0 saturated carbocycles. The summed E-state index contributed by atoms with van der Waals surface area (Å²) < 4.78 is 5.00. The van der Waals surface area contributed by atoms with Crippen LogP contribution in [-0.4, -0.2) is 25.4 Å². The molecule has 0 aliphatic rings. The molecule has 1 aromatic rings. The third-order valence-electron chi connectivity index (χ3n) is 1.26. The van der Waals surface area contributed by atoms with Crippen LogP contribution in [0.4, 0.5) is 0 Å². The molecule has 58 valence electrons. The van der Waals surface area contributed by atoms with Gasteiger partial charge in [-0.3, -0.25) is 4.99 Å². The maximum absolute atomic E-state index is 5.00. The maximum atomic E-state index is 5.00. The zero-order valence-electron chi connectivity index (χ0n) is 6.61. The Labute approximate surface area is 65.8 Å². The first-order valence-corrected chi connectivity index (χ1v) is 3.29. The van der Waals surface area contributed by atoms with Gasteiger partial charge in [-0.05, 0) is 12.1 Å². The SMILES string of the molecule is CN=Cc1cccnc1OC. The van der Waals surface area contributed by atoms with E-state index in [-0.39, 0.29) is 0 Å². The highest BCUT2D eigenvalue weighted by Gasteiger charge is 1.97. The fourth-order valence-corrected chi connectivity index (χ4v) is 0.811. The first kappa shape index (κ1) is 7.72. The third kappa shape index (κ3) is 1.77. The predicted molar refractivity (Wildman–Crippen MR) is 44.3 cm³/mol. The molecule has 0 amide bonds. The first-order valence-electron chi connectivity index (χ1n) is 3.29. The summed E-state index contributed by atoms with van der Waals surface area (Å²) in [5.41, 5.74) is 0.900. The Bertz CT molecular complexity index is 258. The molecule has 0 unspecified atom stereocenters. The summed E-state index contributed by atoms with van der Waals surface area (Å²) in [5, 5.41) is 0. The molecule has 3 nitrogen and oxygen atoms in total. The van der Waals surface area contributed by atoms with Gasteiger partial charge in [-0.25, -0.2) is 4.98 Å². The average Bonchev–Trinajstić information content (AvgIpc) is 2.06. The molecule has 11 heavy (non-hydrogen) atoms. The molecule has 0 bridgehead atoms. The second kappa shape index (κ2) is 3.71. The van der Waals surface area contributed by atoms with Gasteiger partial charge in [0.1, 0.15) is 0 Å². The molecule has 0 radical (unpaired) electrons. The van der Waals surface area contributed by atoms with Gasteiger partial charge in [0.05, 0.1) is 12.7 Å². The van der Waals surface area contributed by atoms with Crippen molar-refractivity contribution >= 4 is 6.21 Å². The van der Waals surface area contributed by atoms with Crippen LogP contribution in [0.1, 0.15) is 5.56 Å². The van der Waals surface area contributed by atoms with Crippen LogP contribution < -0.4 is 4.74 Å². The first-order chi connectivity index (χ1) is 5.38. The second-order valence-electron chi connectivity index (χ2n) is 1.99. The Hall–Kier alpha value is -1.38. The van der Waals surface area contributed by atoms with Crippen molar-refractivity contribution in [3.8, 4) is 5.88 Å². The van der Waals surface area contributed by atoms with Gasteiger partial charge in [0.15, 0.2) is 0 Å². The standard InChI is InChI=1S/C8H10N2O/c1-9-6-7-4-3-5-10-8(7)11-2/h3-6H,1-2H3. The van der Waals surface area contributed by atoms with Crippen LogP contribution in [0, 0.1) is 0 Å². The lowest BCUT2D eigenvalue weighted by Gasteiger charge is -2.00. The van der Waals surface area contributed by atoms with E-state index in [1.54, 1.807) is 26.6 Å². The minimum atomic E-state index is 0.609. The Morgan fingerprint density at radius 1 is 1.64 bits per heavy atom. The van der Waals surface area contributed by atoms with Crippen molar-refractivity contribution in [2.75, 3.05) is 14.2 Å². The van der Waals surface area contributed by atoms with E-state index in [0.717, 1.165) is 5.56 Å². The summed E-state index contributed by atoms with van der Waals surface area (Å²) in [6.45, 7) is 0. The fraction of sp³-hybridized carbons (Fsp3) is 0.250. The van der Waals surface area contributed by atoms with Gasteiger partial charge in [0.2, 0.25) is 5.88 Å². The van der Waals surface area contributed by atoms with E-state index in [1.807, 2.05) is 12.1 Å². The topological polar surface area (TPSA) is 34.5 Å². The van der Waals surface area contributed by atoms with Crippen LogP contribution in [0.2, 0.25) is 0 Å². The summed E-state index contributed by atoms with van der Waals surface area (Å²) in [5.74, 6) is 0.609. The van der Waals surface area contributed by atoms with E-state index in [2.05, 4.69) is 9.98 Å². The fourth-order valence-electron chi connectivity index (χ4n) is 0.811. The number of aromatic nitrogens is 1. The molecule has 1 aromatic heterocycles. The number of nitrogens with zero attached hydrogens (tertiary/aromatic N) is 2. The third-order valence-corrected chi connectivity index (χ3v) is 1.26. The van der Waals surface area contributed by atoms with E-state index in [9.17, 15) is 0 Å². The molecule has 0 N–H and O–H groups in total. The molecule has 0 saturated heterocycles. The van der Waals surface area contributed by atoms with Crippen molar-refractivity contribution in [1.82, 2.24) is 4.98 Å². The highest BCUT2D eigenvalue weighted by Crippen LogP contribution is 2.09. The van der Waals surface area contributed by atoms with Gasteiger partial charge in [-0.15, -0.1) is 0 Å². The number of hydrogen-bond acceptors (Lipinski definition) is 3. The van der Waals surface area contributed by atoms with Gasteiger partial charge >= 0.3 is 0 Å². The summed E-state index contributed by atoms with van der Waals surface area (Å²) in [4.78, 5) is 7.87. The summed E-state index contributed by atoms with van der Waals surface area (Å²) in [6, 6.07) is 3.75. The lowest BCUT2D eigenvalue weighted by Crippen LogP contribution is -1.92. The molecule has 0 aliphatic carbocycles. The van der Waals surface area contributed by atoms with Gasteiger partial charge < -0.3 is 4.74 Å². The van der Waals surface area contributed by atoms with Crippen LogP contribution in [0.15, 0.2) is 23.3 Å². The highest BCUT2D eigenvalue weighted by atomic mass is 16.5. The smallest absolute Gasteiger partial charge is 0.221 e. The molecule has 0 spiro atoms. The predicted octanol–water partition coefficient (Wildman–Crippen LogP) is 1.14. The van der Waals surface area contributed by atoms with E-state index >= 15 is 0 Å². The summed E-state index contributed by atoms with van der Waals surface area (Å²) in [6.07, 6.45) is 3.40. The van der Waals surface area contributed by atoms with Crippen molar-refractivity contribution in [1.29, 1.82) is 0 Å². The second-order valence-corrected chi connectivity index (χ2v) is 1.99. The average molecular weight is 150 g/mol. The Balaban J connectivity index is 3.02. The highest BCUT2D eigenvalue weighted by molar-refractivity contribution is 5.82. The van der Waals surface area contributed by atoms with Crippen molar-refractivity contribution in [2.45, 2.75) is 0 Å². The molecular weight excluding hydrogens is 140 g/mol. The number of pyridine rings is 1. The zero-order valence-corrected chi connectivity index (χ0v) is 6.61. The number of methoxy groups -OCH3 is 1. The maximum Gasteiger partial charge on any atom is 0.221 e. The van der Waals surface area contributed by atoms with Gasteiger partial charge in [-0.2, -0.15) is 0 Å². The monoisotopic (exact) mass is 150 g/mol. The molecule has 0 atom stereocenters. The number of hydrogen-bond donors (Lipinski definition) is 0. The van der Waals surface area contributed by atoms with E-state index < -0.39 is 0 Å². The molecule has 0 aromatic carbocycles. The van der Waals surface area contributed by atoms with Crippen molar-refractivity contribution in [2.24, 2.45) is 4.99 Å². The van der Waals surface area contributed by atoms with Gasteiger partial charge in [-0.1, -0.05) is 0 Å². The molecular formula is C8H10N2O. The Morgan fingerprint density at radius 2 is 2.45 bits per heavy atom. The number of rotatable bonds is 2. The minimum absolute atomic E-state index is 0.609. The van der Waals surface area contributed by atoms with Crippen LogP contribution in [0.25, 0.3) is 0 Å². The van der Waals surface area contributed by atoms with E-state index in [1.165, 1.54) is 0 Å². The molecule has 3 heteroatoms. The van der Waals surface area contributed by atoms with Crippen molar-refractivity contribution in [3.05, 3.63) is 23.9 Å². The normalized spacial score (nSPS) is 10.4. The molecule has 0 fully saturated rings. The van der Waals surface area contributed by atoms with Crippen molar-refractivity contribution < 1.29 is 4.74 Å². The number of aliphatic imine (C=N–C) groups is 1. The van der Waals surface area contributed by atoms with Crippen LogP contribution in [0.5, 0.6) is 5.88 Å². The van der Waals surface area contributed by atoms with Gasteiger partial charge in [0.25, 0.3) is 0 Å². The summed E-state index contributed by atoms with van der Waals surface area (Å²) >= 11 is 0. The van der Waals surface area contributed by atoms with Crippen LogP contribution >= 0.6 is 0 Å². The summed E-state index contributed by atoms with van der Waals surface area (Å²) in [7, 11) is 3.31. The minimum Gasteiger partial charge on any atom is -0.481 e. The quantitative estimate of drug-likeness (QED) is 0.592. The lowest BCUT2D eigenvalue weighted by molar-refractivity contribution is 0.397. The van der Waals surface area contributed by atoms with E-state index in [0.29, 0.717) is 5.88 Å². The zero-order chi connectivity index (χ0) is 8.10. The molecule has 1 rings (SSSR count). The van der Waals surface area contributed by atoms with Crippen LogP contribution in [0.3, 0.4) is 0 Å². The number of ether oxygens (including phenoxy) is 1. The molecule has 0 aliphatic heterocycles. The van der Waals surface area contributed by atoms with Crippen molar-refractivity contribution in [3.63, 3.8) is 0 Å².